The quantitative estimate of drug-likeness (QED) is 0.920. The second kappa shape index (κ2) is 5.38. The van der Waals surface area contributed by atoms with Gasteiger partial charge < -0.3 is 10.0 Å². The lowest BCUT2D eigenvalue weighted by atomic mass is 10.3. The van der Waals surface area contributed by atoms with Crippen molar-refractivity contribution in [2.45, 2.75) is 13.1 Å². The third-order valence-corrected chi connectivity index (χ3v) is 2.92. The van der Waals surface area contributed by atoms with Crippen LogP contribution in [-0.4, -0.2) is 41.1 Å². The van der Waals surface area contributed by atoms with Gasteiger partial charge in [-0.1, -0.05) is 0 Å². The minimum Gasteiger partial charge on any atom is -0.480 e. The van der Waals surface area contributed by atoms with E-state index in [0.717, 1.165) is 16.2 Å². The Bertz CT molecular complexity index is 455. The van der Waals surface area contributed by atoms with Gasteiger partial charge in [0, 0.05) is 4.88 Å². The van der Waals surface area contributed by atoms with Crippen molar-refractivity contribution in [3.05, 3.63) is 21.9 Å². The van der Waals surface area contributed by atoms with E-state index >= 15 is 0 Å². The summed E-state index contributed by atoms with van der Waals surface area (Å²) in [7, 11) is 0. The van der Waals surface area contributed by atoms with Crippen LogP contribution in [-0.2, 0) is 4.79 Å². The summed E-state index contributed by atoms with van der Waals surface area (Å²) in [5.41, 5.74) is 0. The van der Waals surface area contributed by atoms with E-state index in [0.29, 0.717) is 0 Å². The molecule has 18 heavy (non-hydrogen) atoms. The Morgan fingerprint density at radius 3 is 2.39 bits per heavy atom. The van der Waals surface area contributed by atoms with Crippen LogP contribution in [0, 0.1) is 6.92 Å². The van der Waals surface area contributed by atoms with Crippen molar-refractivity contribution < 1.29 is 27.9 Å². The molecular formula is C10H10F3NO3S. The van der Waals surface area contributed by atoms with Gasteiger partial charge in [0.2, 0.25) is 0 Å². The fraction of sp³-hybridized carbons (Fsp3) is 0.400. The standard InChI is InChI=1S/C10H10F3NO3S/c1-6-2-3-7(18-6)9(17)14(4-8(15)16)5-10(11,12)13/h2-3H,4-5H2,1H3,(H,15,16). The first-order chi connectivity index (χ1) is 8.19. The molecule has 0 atom stereocenters. The molecule has 0 aromatic carbocycles. The molecule has 0 aliphatic rings. The van der Waals surface area contributed by atoms with Gasteiger partial charge >= 0.3 is 12.1 Å². The highest BCUT2D eigenvalue weighted by molar-refractivity contribution is 7.13. The molecule has 0 spiro atoms. The predicted octanol–water partition coefficient (Wildman–Crippen LogP) is 2.15. The molecule has 0 radical (unpaired) electrons. The van der Waals surface area contributed by atoms with Crippen LogP contribution >= 0.6 is 11.3 Å². The van der Waals surface area contributed by atoms with Crippen LogP contribution in [0.15, 0.2) is 12.1 Å². The summed E-state index contributed by atoms with van der Waals surface area (Å²) in [4.78, 5) is 23.4. The molecule has 1 amide bonds. The smallest absolute Gasteiger partial charge is 0.406 e. The number of halogens is 3. The maximum atomic E-state index is 12.3. The number of nitrogens with zero attached hydrogens (tertiary/aromatic N) is 1. The predicted molar refractivity (Wildman–Crippen MR) is 58.7 cm³/mol. The zero-order valence-electron chi connectivity index (χ0n) is 9.32. The number of carboxylic acids is 1. The van der Waals surface area contributed by atoms with E-state index in [2.05, 4.69) is 0 Å². The normalized spacial score (nSPS) is 11.3. The van der Waals surface area contributed by atoms with E-state index in [1.165, 1.54) is 6.07 Å². The highest BCUT2D eigenvalue weighted by atomic mass is 32.1. The Labute approximate surface area is 105 Å². The molecule has 0 aliphatic heterocycles. The van der Waals surface area contributed by atoms with Gasteiger partial charge in [-0.25, -0.2) is 0 Å². The van der Waals surface area contributed by atoms with Gasteiger partial charge in [-0.05, 0) is 19.1 Å². The van der Waals surface area contributed by atoms with Crippen LogP contribution < -0.4 is 0 Å². The van der Waals surface area contributed by atoms with E-state index in [1.54, 1.807) is 13.0 Å². The number of rotatable bonds is 4. The zero-order valence-corrected chi connectivity index (χ0v) is 10.1. The molecule has 1 aromatic heterocycles. The van der Waals surface area contributed by atoms with E-state index < -0.39 is 31.1 Å². The van der Waals surface area contributed by atoms with Crippen molar-refractivity contribution in [2.75, 3.05) is 13.1 Å². The van der Waals surface area contributed by atoms with Crippen LogP contribution in [0.2, 0.25) is 0 Å². The Hall–Kier alpha value is -1.57. The summed E-state index contributed by atoms with van der Waals surface area (Å²) in [6.45, 7) is -0.850. The van der Waals surface area contributed by atoms with Gasteiger partial charge in [-0.2, -0.15) is 13.2 Å². The van der Waals surface area contributed by atoms with Gasteiger partial charge in [0.15, 0.2) is 0 Å². The van der Waals surface area contributed by atoms with Crippen molar-refractivity contribution in [3.63, 3.8) is 0 Å². The number of thiophene rings is 1. The molecule has 1 N–H and O–H groups in total. The van der Waals surface area contributed by atoms with E-state index in [9.17, 15) is 22.8 Å². The summed E-state index contributed by atoms with van der Waals surface area (Å²) < 4.78 is 36.8. The number of hydrogen-bond acceptors (Lipinski definition) is 3. The van der Waals surface area contributed by atoms with Gasteiger partial charge in [0.25, 0.3) is 5.91 Å². The van der Waals surface area contributed by atoms with Gasteiger partial charge in [-0.3, -0.25) is 9.59 Å². The Morgan fingerprint density at radius 1 is 1.39 bits per heavy atom. The van der Waals surface area contributed by atoms with E-state index in [1.807, 2.05) is 0 Å². The first-order valence-corrected chi connectivity index (χ1v) is 5.65. The number of carbonyl (C=O) groups excluding carboxylic acids is 1. The number of carboxylic acid groups (broad SMARTS) is 1. The minimum absolute atomic E-state index is 0.0954. The summed E-state index contributed by atoms with van der Waals surface area (Å²) in [6, 6.07) is 2.97. The molecule has 4 nitrogen and oxygen atoms in total. The van der Waals surface area contributed by atoms with Crippen LogP contribution in [0.5, 0.6) is 0 Å². The van der Waals surface area contributed by atoms with Crippen molar-refractivity contribution in [1.82, 2.24) is 4.90 Å². The monoisotopic (exact) mass is 281 g/mol. The molecule has 0 bridgehead atoms. The fourth-order valence-electron chi connectivity index (χ4n) is 1.28. The Morgan fingerprint density at radius 2 is 2.00 bits per heavy atom. The maximum Gasteiger partial charge on any atom is 0.406 e. The molecule has 100 valence electrons. The minimum atomic E-state index is -4.63. The number of aliphatic carboxylic acids is 1. The molecular weight excluding hydrogens is 271 g/mol. The summed E-state index contributed by atoms with van der Waals surface area (Å²) in [5.74, 6) is -2.41. The van der Waals surface area contributed by atoms with E-state index in [4.69, 9.17) is 5.11 Å². The molecule has 8 heteroatoms. The number of alkyl halides is 3. The number of amides is 1. The summed E-state index contributed by atoms with van der Waals surface area (Å²) in [6.07, 6.45) is -4.63. The second-order valence-corrected chi connectivity index (χ2v) is 4.87. The van der Waals surface area contributed by atoms with Crippen molar-refractivity contribution >= 4 is 23.2 Å². The van der Waals surface area contributed by atoms with Crippen molar-refractivity contribution in [1.29, 1.82) is 0 Å². The third-order valence-electron chi connectivity index (χ3n) is 1.93. The third kappa shape index (κ3) is 4.36. The Kier molecular flexibility index (Phi) is 4.33. The van der Waals surface area contributed by atoms with Crippen LogP contribution in [0.4, 0.5) is 13.2 Å². The lowest BCUT2D eigenvalue weighted by molar-refractivity contribution is -0.149. The summed E-state index contributed by atoms with van der Waals surface area (Å²) >= 11 is 1.03. The average Bonchev–Trinajstić information content (AvgIpc) is 2.59. The molecule has 0 saturated heterocycles. The molecule has 1 aromatic rings. The van der Waals surface area contributed by atoms with Gasteiger partial charge in [-0.15, -0.1) is 11.3 Å². The van der Waals surface area contributed by atoms with Crippen LogP contribution in [0.3, 0.4) is 0 Å². The lowest BCUT2D eigenvalue weighted by Gasteiger charge is -2.21. The molecule has 1 heterocycles. The maximum absolute atomic E-state index is 12.3. The van der Waals surface area contributed by atoms with Gasteiger partial charge in [0.05, 0.1) is 4.88 Å². The van der Waals surface area contributed by atoms with Crippen LogP contribution in [0.1, 0.15) is 14.5 Å². The topological polar surface area (TPSA) is 57.6 Å². The molecule has 0 fully saturated rings. The summed E-state index contributed by atoms with van der Waals surface area (Å²) in [5, 5.41) is 8.52. The molecule has 0 aliphatic carbocycles. The highest BCUT2D eigenvalue weighted by Crippen LogP contribution is 2.21. The molecule has 0 unspecified atom stereocenters. The second-order valence-electron chi connectivity index (χ2n) is 3.58. The van der Waals surface area contributed by atoms with Crippen molar-refractivity contribution in [3.8, 4) is 0 Å². The fourth-order valence-corrected chi connectivity index (χ4v) is 2.12. The number of aryl methyl sites for hydroxylation is 1. The lowest BCUT2D eigenvalue weighted by Crippen LogP contribution is -2.41. The van der Waals surface area contributed by atoms with Crippen molar-refractivity contribution in [2.24, 2.45) is 0 Å². The first-order valence-electron chi connectivity index (χ1n) is 4.83. The average molecular weight is 281 g/mol. The zero-order chi connectivity index (χ0) is 13.9. The highest BCUT2D eigenvalue weighted by Gasteiger charge is 2.34. The Balaban J connectivity index is 2.88. The largest absolute Gasteiger partial charge is 0.480 e. The first kappa shape index (κ1) is 14.5. The van der Waals surface area contributed by atoms with E-state index in [-0.39, 0.29) is 9.78 Å². The number of hydrogen-bond donors (Lipinski definition) is 1. The van der Waals surface area contributed by atoms with Crippen LogP contribution in [0.25, 0.3) is 0 Å². The molecule has 0 saturated carbocycles. The SMILES string of the molecule is Cc1ccc(C(=O)N(CC(=O)O)CC(F)(F)F)s1. The number of carbonyl (C=O) groups is 2. The molecule has 1 rings (SSSR count). The van der Waals surface area contributed by atoms with Gasteiger partial charge in [0.1, 0.15) is 13.1 Å².